The fourth-order valence-corrected chi connectivity index (χ4v) is 5.92. The van der Waals surface area contributed by atoms with E-state index in [2.05, 4.69) is 5.32 Å². The van der Waals surface area contributed by atoms with Crippen LogP contribution in [0.1, 0.15) is 6.92 Å². The van der Waals surface area contributed by atoms with E-state index in [4.69, 9.17) is 33.2 Å². The second kappa shape index (κ2) is 16.8. The number of amides is 1. The molecule has 0 saturated carbocycles. The SMILES string of the molecule is CC(=O)N[C@H]1[C@@H](O[C@H]2[C@@H](O)[C@@H](CO)O[C@@H](O[C@H]3[C@H](O)[C@@H](O)[C@H](O)O[C@@H]3CO)[C@@H]2O[C@H]2O[C@H](CO)[C@H](O)[C@H](O)[C@H]2O)O[C@H](CO)[C@H](O)[C@@H]1O. The molecule has 22 nitrogen and oxygen atoms in total. The first-order valence-electron chi connectivity index (χ1n) is 15.1. The van der Waals surface area contributed by atoms with Gasteiger partial charge in [-0.2, -0.15) is 0 Å². The lowest BCUT2D eigenvalue weighted by Crippen LogP contribution is -2.70. The van der Waals surface area contributed by atoms with Gasteiger partial charge in [0.1, 0.15) is 97.6 Å². The predicted molar refractivity (Wildman–Crippen MR) is 145 cm³/mol. The highest BCUT2D eigenvalue weighted by Crippen LogP contribution is 2.35. The molecule has 4 aliphatic rings. The van der Waals surface area contributed by atoms with Crippen LogP contribution in [0, 0.1) is 0 Å². The molecule has 4 fully saturated rings. The summed E-state index contributed by atoms with van der Waals surface area (Å²) in [6.07, 6.45) is -34.6. The lowest BCUT2D eigenvalue weighted by Gasteiger charge is -2.50. The first-order chi connectivity index (χ1) is 22.7. The molecule has 0 aliphatic carbocycles. The molecule has 0 bridgehead atoms. The molecular formula is C26H45NO21. The minimum Gasteiger partial charge on any atom is -0.394 e. The Hall–Kier alpha value is -1.33. The summed E-state index contributed by atoms with van der Waals surface area (Å²) in [6.45, 7) is -2.49. The van der Waals surface area contributed by atoms with Crippen LogP contribution >= 0.6 is 0 Å². The van der Waals surface area contributed by atoms with Crippen molar-refractivity contribution in [2.24, 2.45) is 0 Å². The number of aliphatic hydroxyl groups is 13. The lowest BCUT2D eigenvalue weighted by atomic mass is 9.94. The van der Waals surface area contributed by atoms with Crippen molar-refractivity contribution in [1.29, 1.82) is 0 Å². The number of aliphatic hydroxyl groups excluding tert-OH is 13. The third-order valence-corrected chi connectivity index (χ3v) is 8.61. The molecule has 4 heterocycles. The molecule has 280 valence electrons. The minimum absolute atomic E-state index is 0.732. The molecule has 0 aromatic rings. The lowest BCUT2D eigenvalue weighted by molar-refractivity contribution is -0.401. The summed E-state index contributed by atoms with van der Waals surface area (Å²) in [5.41, 5.74) is 0. The van der Waals surface area contributed by atoms with Crippen LogP contribution in [-0.2, 0) is 38.0 Å². The van der Waals surface area contributed by atoms with Gasteiger partial charge in [0.15, 0.2) is 25.2 Å². The number of hydrogen-bond donors (Lipinski definition) is 14. The highest BCUT2D eigenvalue weighted by Gasteiger charge is 2.56. The zero-order chi connectivity index (χ0) is 35.6. The highest BCUT2D eigenvalue weighted by molar-refractivity contribution is 5.73. The third kappa shape index (κ3) is 8.08. The van der Waals surface area contributed by atoms with Crippen molar-refractivity contribution in [3.8, 4) is 0 Å². The van der Waals surface area contributed by atoms with Gasteiger partial charge in [-0.15, -0.1) is 0 Å². The molecule has 0 radical (unpaired) electrons. The average Bonchev–Trinajstić information content (AvgIpc) is 3.06. The fraction of sp³-hybridized carbons (Fsp3) is 0.962. The zero-order valence-corrected chi connectivity index (χ0v) is 25.5. The Kier molecular flexibility index (Phi) is 13.8. The number of nitrogens with one attached hydrogen (secondary N) is 1. The minimum atomic E-state index is -2.05. The first-order valence-corrected chi connectivity index (χ1v) is 15.1. The standard InChI is InChI=1S/C26H45NO21/c1-6(32)27-11-15(36)12(33)7(2-28)43-24(11)47-21-14(35)9(4-30)45-26(46-20-10(5-31)42-23(41)18(39)17(20)38)22(21)48-25-19(40)16(37)13(34)8(3-29)44-25/h7-26,28-31,33-41H,2-5H2,1H3,(H,27,32)/t7-,8-,9-,10-,11-,12+,13+,14+,15-,16+,17-,18-,19-,20-,21+,22-,23-,24-,25-,26+/m1/s1. The molecule has 0 unspecified atom stereocenters. The second-order valence-corrected chi connectivity index (χ2v) is 11.9. The molecular weight excluding hydrogens is 662 g/mol. The van der Waals surface area contributed by atoms with E-state index in [1.54, 1.807) is 0 Å². The summed E-state index contributed by atoms with van der Waals surface area (Å²) in [7, 11) is 0. The van der Waals surface area contributed by atoms with E-state index in [1.165, 1.54) is 0 Å². The topological polar surface area (TPSA) is 357 Å². The first kappa shape index (κ1) is 39.5. The number of carbonyl (C=O) groups is 1. The van der Waals surface area contributed by atoms with Crippen LogP contribution in [0.5, 0.6) is 0 Å². The van der Waals surface area contributed by atoms with Crippen LogP contribution in [-0.4, -0.2) is 221 Å². The van der Waals surface area contributed by atoms with Gasteiger partial charge in [-0.3, -0.25) is 4.79 Å². The maximum Gasteiger partial charge on any atom is 0.217 e. The Bertz CT molecular complexity index is 1030. The van der Waals surface area contributed by atoms with Crippen LogP contribution in [0.15, 0.2) is 0 Å². The number of carbonyl (C=O) groups excluding carboxylic acids is 1. The molecule has 48 heavy (non-hydrogen) atoms. The summed E-state index contributed by atoms with van der Waals surface area (Å²) >= 11 is 0. The van der Waals surface area contributed by atoms with Gasteiger partial charge in [-0.25, -0.2) is 0 Å². The van der Waals surface area contributed by atoms with E-state index in [0.29, 0.717) is 0 Å². The number of rotatable bonds is 11. The van der Waals surface area contributed by atoms with Crippen molar-refractivity contribution in [1.82, 2.24) is 5.32 Å². The number of ether oxygens (including phenoxy) is 7. The smallest absolute Gasteiger partial charge is 0.217 e. The van der Waals surface area contributed by atoms with Gasteiger partial charge >= 0.3 is 0 Å². The molecule has 14 N–H and O–H groups in total. The normalized spacial score (nSPS) is 50.2. The maximum absolute atomic E-state index is 12.0. The van der Waals surface area contributed by atoms with Crippen molar-refractivity contribution in [2.75, 3.05) is 26.4 Å². The van der Waals surface area contributed by atoms with E-state index in [-0.39, 0.29) is 0 Å². The molecule has 4 saturated heterocycles. The molecule has 20 atom stereocenters. The van der Waals surface area contributed by atoms with Crippen LogP contribution in [0.2, 0.25) is 0 Å². The van der Waals surface area contributed by atoms with Crippen molar-refractivity contribution < 1.29 is 104 Å². The summed E-state index contributed by atoms with van der Waals surface area (Å²) in [6, 6.07) is -1.57. The van der Waals surface area contributed by atoms with Gasteiger partial charge in [-0.1, -0.05) is 0 Å². The van der Waals surface area contributed by atoms with Gasteiger partial charge in [0, 0.05) is 6.92 Å². The molecule has 22 heteroatoms. The van der Waals surface area contributed by atoms with E-state index < -0.39 is 155 Å². The van der Waals surface area contributed by atoms with E-state index in [9.17, 15) is 71.2 Å². The van der Waals surface area contributed by atoms with Crippen LogP contribution < -0.4 is 5.32 Å². The predicted octanol–water partition coefficient (Wildman–Crippen LogP) is -9.61. The van der Waals surface area contributed by atoms with Crippen LogP contribution in [0.4, 0.5) is 0 Å². The summed E-state index contributed by atoms with van der Waals surface area (Å²) in [5.74, 6) is -0.732. The van der Waals surface area contributed by atoms with Crippen molar-refractivity contribution in [3.05, 3.63) is 0 Å². The van der Waals surface area contributed by atoms with E-state index in [1.807, 2.05) is 0 Å². The van der Waals surface area contributed by atoms with Crippen LogP contribution in [0.3, 0.4) is 0 Å². The Morgan fingerprint density at radius 3 is 1.54 bits per heavy atom. The Morgan fingerprint density at radius 2 is 0.979 bits per heavy atom. The van der Waals surface area contributed by atoms with E-state index >= 15 is 0 Å². The molecule has 4 rings (SSSR count). The highest BCUT2D eigenvalue weighted by atomic mass is 16.8. The van der Waals surface area contributed by atoms with Crippen molar-refractivity contribution in [3.63, 3.8) is 0 Å². The monoisotopic (exact) mass is 707 g/mol. The zero-order valence-electron chi connectivity index (χ0n) is 25.5. The Balaban J connectivity index is 1.74. The summed E-state index contributed by atoms with van der Waals surface area (Å²) in [4.78, 5) is 12.0. The third-order valence-electron chi connectivity index (χ3n) is 8.61. The van der Waals surface area contributed by atoms with Gasteiger partial charge in [0.25, 0.3) is 0 Å². The average molecular weight is 708 g/mol. The molecule has 4 aliphatic heterocycles. The molecule has 0 aromatic carbocycles. The summed E-state index contributed by atoms with van der Waals surface area (Å²) < 4.78 is 39.5. The van der Waals surface area contributed by atoms with Gasteiger partial charge in [0.2, 0.25) is 5.91 Å². The van der Waals surface area contributed by atoms with E-state index in [0.717, 1.165) is 6.92 Å². The van der Waals surface area contributed by atoms with Crippen LogP contribution in [0.25, 0.3) is 0 Å². The maximum atomic E-state index is 12.0. The Labute approximate surface area is 272 Å². The summed E-state index contributed by atoms with van der Waals surface area (Å²) in [5, 5.41) is 136. The Morgan fingerprint density at radius 1 is 0.500 bits per heavy atom. The van der Waals surface area contributed by atoms with Gasteiger partial charge < -0.3 is 105 Å². The number of hydrogen-bond acceptors (Lipinski definition) is 21. The quantitative estimate of drug-likeness (QED) is 0.0947. The molecule has 1 amide bonds. The van der Waals surface area contributed by atoms with Gasteiger partial charge in [0.05, 0.1) is 26.4 Å². The second-order valence-electron chi connectivity index (χ2n) is 11.9. The van der Waals surface area contributed by atoms with Crippen molar-refractivity contribution in [2.45, 2.75) is 130 Å². The molecule has 0 aromatic heterocycles. The van der Waals surface area contributed by atoms with Crippen molar-refractivity contribution >= 4 is 5.91 Å². The largest absolute Gasteiger partial charge is 0.394 e. The van der Waals surface area contributed by atoms with Gasteiger partial charge in [-0.05, 0) is 0 Å². The molecule has 0 spiro atoms. The fourth-order valence-electron chi connectivity index (χ4n) is 5.92.